The third kappa shape index (κ3) is 2.69. The van der Waals surface area contributed by atoms with Crippen LogP contribution in [0.1, 0.15) is 13.3 Å². The lowest BCUT2D eigenvalue weighted by molar-refractivity contribution is -0.125. The number of amides is 3. The van der Waals surface area contributed by atoms with Gasteiger partial charge in [0, 0.05) is 4.88 Å². The Balaban J connectivity index is 1.69. The number of urea groups is 1. The van der Waals surface area contributed by atoms with Gasteiger partial charge in [-0.2, -0.15) is 0 Å². The van der Waals surface area contributed by atoms with Crippen LogP contribution in [0.25, 0.3) is 10.4 Å². The van der Waals surface area contributed by atoms with Crippen molar-refractivity contribution in [3.63, 3.8) is 0 Å². The Hall–Kier alpha value is -2.34. The van der Waals surface area contributed by atoms with Gasteiger partial charge in [-0.25, -0.2) is 4.79 Å². The van der Waals surface area contributed by atoms with Crippen molar-refractivity contribution in [2.75, 3.05) is 6.61 Å². The van der Waals surface area contributed by atoms with E-state index in [1.54, 1.807) is 11.3 Å². The maximum absolute atomic E-state index is 11.9. The number of ether oxygens (including phenoxy) is 1. The minimum Gasteiger partial charge on any atom is -0.491 e. The molecule has 0 aliphatic carbocycles. The largest absolute Gasteiger partial charge is 0.491 e. The molecule has 1 atom stereocenters. The maximum Gasteiger partial charge on any atom is 0.322 e. The van der Waals surface area contributed by atoms with Crippen LogP contribution in [-0.2, 0) is 4.79 Å². The first-order valence-corrected chi connectivity index (χ1v) is 7.91. The molecule has 1 saturated heterocycles. The number of imide groups is 1. The van der Waals surface area contributed by atoms with Crippen LogP contribution in [0.5, 0.6) is 5.75 Å². The second-order valence-corrected chi connectivity index (χ2v) is 6.08. The van der Waals surface area contributed by atoms with Crippen LogP contribution < -0.4 is 15.4 Å². The lowest BCUT2D eigenvalue weighted by Crippen LogP contribution is -2.51. The topological polar surface area (TPSA) is 67.4 Å². The van der Waals surface area contributed by atoms with Crippen molar-refractivity contribution in [1.82, 2.24) is 10.6 Å². The van der Waals surface area contributed by atoms with Gasteiger partial charge < -0.3 is 10.1 Å². The van der Waals surface area contributed by atoms with Crippen LogP contribution in [0.2, 0.25) is 0 Å². The van der Waals surface area contributed by atoms with E-state index in [0.29, 0.717) is 12.2 Å². The molecular formula is C16H16N2O3S. The maximum atomic E-state index is 11.9. The van der Waals surface area contributed by atoms with Gasteiger partial charge in [0.2, 0.25) is 0 Å². The average molecular weight is 316 g/mol. The smallest absolute Gasteiger partial charge is 0.322 e. The molecule has 1 unspecified atom stereocenters. The highest BCUT2D eigenvalue weighted by molar-refractivity contribution is 7.13. The molecule has 114 valence electrons. The van der Waals surface area contributed by atoms with Gasteiger partial charge in [-0.15, -0.1) is 11.3 Å². The van der Waals surface area contributed by atoms with E-state index >= 15 is 0 Å². The highest BCUT2D eigenvalue weighted by Crippen LogP contribution is 2.27. The van der Waals surface area contributed by atoms with Crippen molar-refractivity contribution in [3.05, 3.63) is 41.8 Å². The molecule has 2 aromatic rings. The van der Waals surface area contributed by atoms with Gasteiger partial charge in [0.25, 0.3) is 5.91 Å². The third-order valence-electron chi connectivity index (χ3n) is 3.76. The van der Waals surface area contributed by atoms with Crippen LogP contribution in [0.15, 0.2) is 41.8 Å². The number of carbonyl (C=O) groups excluding carboxylic acids is 2. The summed E-state index contributed by atoms with van der Waals surface area (Å²) < 4.78 is 5.70. The average Bonchev–Trinajstić information content (AvgIpc) is 3.14. The van der Waals surface area contributed by atoms with E-state index in [-0.39, 0.29) is 12.5 Å². The zero-order valence-corrected chi connectivity index (χ0v) is 12.9. The molecular weight excluding hydrogens is 300 g/mol. The summed E-state index contributed by atoms with van der Waals surface area (Å²) in [5.41, 5.74) is 0.142. The van der Waals surface area contributed by atoms with E-state index in [4.69, 9.17) is 4.74 Å². The quantitative estimate of drug-likeness (QED) is 0.834. The summed E-state index contributed by atoms with van der Waals surface area (Å²) in [5.74, 6) is 0.331. The Morgan fingerprint density at radius 2 is 1.95 bits per heavy atom. The number of hydrogen-bond donors (Lipinski definition) is 2. The number of nitrogens with one attached hydrogen (secondary N) is 2. The van der Waals surface area contributed by atoms with Gasteiger partial charge in [0.1, 0.15) is 12.4 Å². The molecule has 3 amide bonds. The summed E-state index contributed by atoms with van der Waals surface area (Å²) in [4.78, 5) is 24.4. The molecule has 6 heteroatoms. The SMILES string of the molecule is CCC1(COc2ccc(-c3cccs3)cc2)NC(=O)NC1=O. The van der Waals surface area contributed by atoms with Crippen LogP contribution in [-0.4, -0.2) is 24.1 Å². The highest BCUT2D eigenvalue weighted by atomic mass is 32.1. The van der Waals surface area contributed by atoms with Gasteiger partial charge >= 0.3 is 6.03 Å². The molecule has 3 rings (SSSR count). The molecule has 5 nitrogen and oxygen atoms in total. The van der Waals surface area contributed by atoms with Crippen LogP contribution in [0.4, 0.5) is 4.79 Å². The Morgan fingerprint density at radius 3 is 2.50 bits per heavy atom. The molecule has 1 aliphatic heterocycles. The molecule has 1 fully saturated rings. The minimum absolute atomic E-state index is 0.111. The summed E-state index contributed by atoms with van der Waals surface area (Å²) in [6.45, 7) is 1.95. The second-order valence-electron chi connectivity index (χ2n) is 5.13. The lowest BCUT2D eigenvalue weighted by atomic mass is 9.98. The molecule has 0 spiro atoms. The summed E-state index contributed by atoms with van der Waals surface area (Å²) in [6, 6.07) is 11.3. The monoisotopic (exact) mass is 316 g/mol. The third-order valence-corrected chi connectivity index (χ3v) is 4.68. The Kier molecular flexibility index (Phi) is 3.85. The van der Waals surface area contributed by atoms with E-state index < -0.39 is 11.6 Å². The van der Waals surface area contributed by atoms with E-state index in [1.807, 2.05) is 42.6 Å². The van der Waals surface area contributed by atoms with Crippen LogP contribution >= 0.6 is 11.3 Å². The van der Waals surface area contributed by atoms with Crippen molar-refractivity contribution in [3.8, 4) is 16.2 Å². The van der Waals surface area contributed by atoms with E-state index in [1.165, 1.54) is 4.88 Å². The summed E-state index contributed by atoms with van der Waals surface area (Å²) in [5, 5.41) is 6.94. The predicted octanol–water partition coefficient (Wildman–Crippen LogP) is 2.78. The minimum atomic E-state index is -0.983. The number of thiophene rings is 1. The van der Waals surface area contributed by atoms with Gasteiger partial charge in [0.05, 0.1) is 0 Å². The molecule has 1 aromatic heterocycles. The zero-order valence-electron chi connectivity index (χ0n) is 12.1. The number of benzene rings is 1. The van der Waals surface area contributed by atoms with E-state index in [0.717, 1.165) is 5.56 Å². The first-order valence-electron chi connectivity index (χ1n) is 7.03. The molecule has 2 heterocycles. The molecule has 22 heavy (non-hydrogen) atoms. The van der Waals surface area contributed by atoms with Gasteiger partial charge in [-0.05, 0) is 47.7 Å². The Bertz CT molecular complexity index is 682. The van der Waals surface area contributed by atoms with E-state index in [9.17, 15) is 9.59 Å². The normalized spacial score (nSPS) is 20.6. The fourth-order valence-electron chi connectivity index (χ4n) is 2.35. The lowest BCUT2D eigenvalue weighted by Gasteiger charge is -2.24. The highest BCUT2D eigenvalue weighted by Gasteiger charge is 2.45. The number of hydrogen-bond acceptors (Lipinski definition) is 4. The summed E-state index contributed by atoms with van der Waals surface area (Å²) >= 11 is 1.68. The number of carbonyl (C=O) groups is 2. The molecule has 0 bridgehead atoms. The summed E-state index contributed by atoms with van der Waals surface area (Å²) in [6.07, 6.45) is 0.470. The molecule has 0 radical (unpaired) electrons. The molecule has 1 aliphatic rings. The fourth-order valence-corrected chi connectivity index (χ4v) is 3.08. The summed E-state index contributed by atoms with van der Waals surface area (Å²) in [7, 11) is 0. The Labute approximate surface area is 132 Å². The molecule has 1 aromatic carbocycles. The Morgan fingerprint density at radius 1 is 1.18 bits per heavy atom. The number of rotatable bonds is 5. The van der Waals surface area contributed by atoms with Crippen molar-refractivity contribution < 1.29 is 14.3 Å². The first kappa shape index (κ1) is 14.6. The van der Waals surface area contributed by atoms with Crippen molar-refractivity contribution in [2.24, 2.45) is 0 Å². The van der Waals surface area contributed by atoms with Crippen LogP contribution in [0.3, 0.4) is 0 Å². The van der Waals surface area contributed by atoms with Crippen molar-refractivity contribution in [2.45, 2.75) is 18.9 Å². The standard InChI is InChI=1S/C16H16N2O3S/c1-2-16(14(19)17-15(20)18-16)10-21-12-7-5-11(6-8-12)13-4-3-9-22-13/h3-9H,2,10H2,1H3,(H2,17,18,19,20). The van der Waals surface area contributed by atoms with Crippen molar-refractivity contribution >= 4 is 23.3 Å². The predicted molar refractivity (Wildman–Crippen MR) is 84.9 cm³/mol. The van der Waals surface area contributed by atoms with Gasteiger partial charge in [-0.3, -0.25) is 10.1 Å². The first-order chi connectivity index (χ1) is 10.6. The van der Waals surface area contributed by atoms with Crippen molar-refractivity contribution in [1.29, 1.82) is 0 Å². The molecule has 2 N–H and O–H groups in total. The molecule has 0 saturated carbocycles. The van der Waals surface area contributed by atoms with Crippen LogP contribution in [0, 0.1) is 0 Å². The van der Waals surface area contributed by atoms with Gasteiger partial charge in [-0.1, -0.05) is 13.0 Å². The fraction of sp³-hybridized carbons (Fsp3) is 0.250. The zero-order chi connectivity index (χ0) is 15.6. The van der Waals surface area contributed by atoms with E-state index in [2.05, 4.69) is 16.7 Å². The van der Waals surface area contributed by atoms with Gasteiger partial charge in [0.15, 0.2) is 5.54 Å². The second kappa shape index (κ2) is 5.81.